The van der Waals surface area contributed by atoms with Crippen LogP contribution in [0, 0.1) is 0 Å². The minimum absolute atomic E-state index is 0.137. The molecule has 0 radical (unpaired) electrons. The van der Waals surface area contributed by atoms with Gasteiger partial charge in [-0.2, -0.15) is 0 Å². The molecule has 0 saturated heterocycles. The SMILES string of the molecule is CCCCCCCCCCCCCC(=O)OC[C@H](COP(=O)(OC[C@H](O)CO)OC[C@@H](COC(=O)CCCCCCCCCCCCC)OC(=O)CCCCCCCCCCCCC)OC(=O)CCCCCCCCCCCCC. The lowest BCUT2D eigenvalue weighted by atomic mass is 10.1. The van der Waals surface area contributed by atoms with Gasteiger partial charge in [0.15, 0.2) is 12.2 Å². The van der Waals surface area contributed by atoms with E-state index >= 15 is 0 Å². The van der Waals surface area contributed by atoms with Crippen LogP contribution in [0.1, 0.15) is 336 Å². The van der Waals surface area contributed by atoms with Gasteiger partial charge in [-0.15, -0.1) is 0 Å². The van der Waals surface area contributed by atoms with Crippen LogP contribution < -0.4 is 0 Å². The van der Waals surface area contributed by atoms with Gasteiger partial charge < -0.3 is 29.2 Å². The first-order valence-corrected chi connectivity index (χ1v) is 35.0. The van der Waals surface area contributed by atoms with E-state index < -0.39 is 76.4 Å². The molecule has 474 valence electrons. The Bertz CT molecular complexity index is 1340. The Morgan fingerprint density at radius 2 is 0.525 bits per heavy atom. The van der Waals surface area contributed by atoms with Crippen molar-refractivity contribution in [3.63, 3.8) is 0 Å². The fourth-order valence-corrected chi connectivity index (χ4v) is 10.9. The van der Waals surface area contributed by atoms with Crippen molar-refractivity contribution in [2.75, 3.05) is 39.6 Å². The van der Waals surface area contributed by atoms with E-state index in [4.69, 9.17) is 32.5 Å². The molecule has 0 aromatic rings. The van der Waals surface area contributed by atoms with Crippen molar-refractivity contribution in [3.8, 4) is 0 Å². The first kappa shape index (κ1) is 77.9. The molecule has 0 fully saturated rings. The van der Waals surface area contributed by atoms with Gasteiger partial charge in [0, 0.05) is 25.7 Å². The molecular formula is C65H125O14P. The maximum atomic E-state index is 14.4. The zero-order valence-corrected chi connectivity index (χ0v) is 53.1. The molecule has 0 amide bonds. The van der Waals surface area contributed by atoms with E-state index in [1.165, 1.54) is 180 Å². The number of phosphoric acid groups is 1. The first-order valence-electron chi connectivity index (χ1n) is 33.5. The third kappa shape index (κ3) is 55.1. The molecule has 0 aliphatic heterocycles. The van der Waals surface area contributed by atoms with Crippen LogP contribution in [0.3, 0.4) is 0 Å². The Balaban J connectivity index is 5.77. The van der Waals surface area contributed by atoms with Crippen molar-refractivity contribution in [1.82, 2.24) is 0 Å². The Morgan fingerprint density at radius 1 is 0.312 bits per heavy atom. The summed E-state index contributed by atoms with van der Waals surface area (Å²) < 4.78 is 54.1. The minimum atomic E-state index is -4.69. The maximum Gasteiger partial charge on any atom is 0.475 e. The highest BCUT2D eigenvalue weighted by Crippen LogP contribution is 2.50. The zero-order valence-electron chi connectivity index (χ0n) is 52.2. The van der Waals surface area contributed by atoms with Crippen LogP contribution in [0.5, 0.6) is 0 Å². The predicted octanol–water partition coefficient (Wildman–Crippen LogP) is 18.2. The highest BCUT2D eigenvalue weighted by Gasteiger charge is 2.33. The van der Waals surface area contributed by atoms with Crippen molar-refractivity contribution >= 4 is 31.7 Å². The summed E-state index contributed by atoms with van der Waals surface area (Å²) in [7, 11) is -4.69. The Morgan fingerprint density at radius 3 is 0.762 bits per heavy atom. The summed E-state index contributed by atoms with van der Waals surface area (Å²) in [6.07, 6.45) is 46.7. The number of rotatable bonds is 64. The van der Waals surface area contributed by atoms with Crippen molar-refractivity contribution in [2.45, 2.75) is 354 Å². The summed E-state index contributed by atoms with van der Waals surface area (Å²) in [6.45, 7) is 5.67. The Labute approximate surface area is 490 Å². The van der Waals surface area contributed by atoms with E-state index in [1.807, 2.05) is 0 Å². The van der Waals surface area contributed by atoms with Crippen LogP contribution in [-0.4, -0.2) is 92.0 Å². The van der Waals surface area contributed by atoms with E-state index in [1.54, 1.807) is 0 Å². The van der Waals surface area contributed by atoms with Crippen LogP contribution in [0.4, 0.5) is 0 Å². The highest BCUT2D eigenvalue weighted by atomic mass is 31.2. The van der Waals surface area contributed by atoms with E-state index in [-0.39, 0.29) is 38.9 Å². The van der Waals surface area contributed by atoms with Gasteiger partial charge in [-0.05, 0) is 25.7 Å². The molecule has 80 heavy (non-hydrogen) atoms. The molecule has 14 nitrogen and oxygen atoms in total. The molecule has 0 aromatic carbocycles. The van der Waals surface area contributed by atoms with E-state index in [0.717, 1.165) is 77.0 Å². The topological polar surface area (TPSA) is 190 Å². The van der Waals surface area contributed by atoms with Crippen LogP contribution in [-0.2, 0) is 56.3 Å². The number of esters is 4. The van der Waals surface area contributed by atoms with Crippen molar-refractivity contribution in [3.05, 3.63) is 0 Å². The number of ether oxygens (including phenoxy) is 4. The van der Waals surface area contributed by atoms with E-state index in [2.05, 4.69) is 27.7 Å². The lowest BCUT2D eigenvalue weighted by molar-refractivity contribution is -0.162. The Hall–Kier alpha value is -2.09. The summed E-state index contributed by atoms with van der Waals surface area (Å²) in [5.41, 5.74) is 0. The third-order valence-electron chi connectivity index (χ3n) is 14.9. The number of hydrogen-bond acceptors (Lipinski definition) is 14. The summed E-state index contributed by atoms with van der Waals surface area (Å²) in [5, 5.41) is 19.8. The van der Waals surface area contributed by atoms with Crippen molar-refractivity contribution in [1.29, 1.82) is 0 Å². The maximum absolute atomic E-state index is 14.4. The van der Waals surface area contributed by atoms with Crippen LogP contribution in [0.25, 0.3) is 0 Å². The molecule has 2 N–H and O–H groups in total. The average molecular weight is 1160 g/mol. The van der Waals surface area contributed by atoms with Gasteiger partial charge in [0.25, 0.3) is 0 Å². The third-order valence-corrected chi connectivity index (χ3v) is 16.3. The standard InChI is InChI=1S/C65H125O14P/c1-5-9-13-17-21-25-29-33-37-41-45-49-62(68)73-55-60(78-64(70)51-47-43-39-35-31-27-23-19-15-11-7-3)57-76-80(72,75-54-59(67)53-66)77-58-61(79-65(71)52-48-44-40-36-32-28-24-20-16-12-8-4)56-74-63(69)50-46-42-38-34-30-26-22-18-14-10-6-2/h59-61,66-67H,5-58H2,1-4H3/t59-,60-,61-/m1/s1. The molecule has 0 aliphatic carbocycles. The van der Waals surface area contributed by atoms with Gasteiger partial charge in [0.05, 0.1) is 26.4 Å². The quantitative estimate of drug-likeness (QED) is 0.0253. The molecule has 0 spiro atoms. The minimum Gasteiger partial charge on any atom is -0.462 e. The Kier molecular flexibility index (Phi) is 58.5. The first-order chi connectivity index (χ1) is 39.0. The second-order valence-electron chi connectivity index (χ2n) is 22.9. The predicted molar refractivity (Wildman–Crippen MR) is 325 cm³/mol. The number of hydrogen-bond donors (Lipinski definition) is 2. The summed E-state index contributed by atoms with van der Waals surface area (Å²) in [6, 6.07) is 0. The summed E-state index contributed by atoms with van der Waals surface area (Å²) in [4.78, 5) is 52.4. The molecule has 15 heteroatoms. The summed E-state index contributed by atoms with van der Waals surface area (Å²) in [5.74, 6) is -1.96. The average Bonchev–Trinajstić information content (AvgIpc) is 3.45. The van der Waals surface area contributed by atoms with Gasteiger partial charge in [0.2, 0.25) is 0 Å². The van der Waals surface area contributed by atoms with Gasteiger partial charge in [-0.25, -0.2) is 4.57 Å². The molecular weight excluding hydrogens is 1040 g/mol. The molecule has 0 saturated carbocycles. The van der Waals surface area contributed by atoms with Gasteiger partial charge in [-0.1, -0.05) is 285 Å². The molecule has 0 unspecified atom stereocenters. The van der Waals surface area contributed by atoms with E-state index in [0.29, 0.717) is 25.7 Å². The number of aliphatic hydroxyl groups excluding tert-OH is 2. The van der Waals surface area contributed by atoms with Gasteiger partial charge in [-0.3, -0.25) is 32.7 Å². The van der Waals surface area contributed by atoms with Crippen LogP contribution in [0.15, 0.2) is 0 Å². The second kappa shape index (κ2) is 60.0. The van der Waals surface area contributed by atoms with Crippen molar-refractivity contribution in [2.24, 2.45) is 0 Å². The fourth-order valence-electron chi connectivity index (χ4n) is 9.66. The molecule has 0 bridgehead atoms. The number of unbranched alkanes of at least 4 members (excludes halogenated alkanes) is 40. The molecule has 3 atom stereocenters. The normalized spacial score (nSPS) is 12.8. The largest absolute Gasteiger partial charge is 0.475 e. The molecule has 0 rings (SSSR count). The molecule has 0 aliphatic rings. The van der Waals surface area contributed by atoms with Crippen LogP contribution >= 0.6 is 7.82 Å². The number of phosphoric ester groups is 1. The fraction of sp³-hybridized carbons (Fsp3) is 0.938. The lowest BCUT2D eigenvalue weighted by Crippen LogP contribution is -2.31. The molecule has 0 heterocycles. The number of carbonyl (C=O) groups is 4. The highest BCUT2D eigenvalue weighted by molar-refractivity contribution is 7.48. The van der Waals surface area contributed by atoms with Crippen LogP contribution in [0.2, 0.25) is 0 Å². The lowest BCUT2D eigenvalue weighted by Gasteiger charge is -2.24. The number of aliphatic hydroxyl groups is 2. The summed E-state index contributed by atoms with van der Waals surface area (Å²) >= 11 is 0. The van der Waals surface area contributed by atoms with Gasteiger partial charge >= 0.3 is 31.7 Å². The van der Waals surface area contributed by atoms with E-state index in [9.17, 15) is 34.0 Å². The number of carbonyl (C=O) groups excluding carboxylic acids is 4. The monoisotopic (exact) mass is 1160 g/mol. The second-order valence-corrected chi connectivity index (χ2v) is 24.6. The van der Waals surface area contributed by atoms with Gasteiger partial charge in [0.1, 0.15) is 19.3 Å². The zero-order chi connectivity index (χ0) is 58.7. The smallest absolute Gasteiger partial charge is 0.462 e. The molecule has 0 aromatic heterocycles. The van der Waals surface area contributed by atoms with Crippen molar-refractivity contribution < 1.29 is 66.5 Å².